The van der Waals surface area contributed by atoms with Crippen molar-refractivity contribution < 1.29 is 13.2 Å². The number of rotatable bonds is 5. The lowest BCUT2D eigenvalue weighted by Gasteiger charge is -2.12. The molecule has 5 heteroatoms. The monoisotopic (exact) mass is 427 g/mol. The van der Waals surface area contributed by atoms with E-state index in [1.54, 1.807) is 18.2 Å². The molecule has 0 atom stereocenters. The van der Waals surface area contributed by atoms with Gasteiger partial charge < -0.3 is 0 Å². The molecule has 0 fully saturated rings. The topological polar surface area (TPSA) is 63.2 Å². The van der Waals surface area contributed by atoms with Crippen LogP contribution >= 0.6 is 0 Å². The number of benzene rings is 4. The maximum atomic E-state index is 13.2. The molecule has 0 aliphatic rings. The summed E-state index contributed by atoms with van der Waals surface area (Å²) in [7, 11) is -4.00. The van der Waals surface area contributed by atoms with Gasteiger partial charge in [-0.3, -0.25) is 4.79 Å². The molecule has 0 heterocycles. The lowest BCUT2D eigenvalue weighted by molar-refractivity contribution is -0.113. The molecule has 0 unspecified atom stereocenters. The largest absolute Gasteiger partial charge is 0.268 e. The first-order valence-electron chi connectivity index (χ1n) is 9.82. The van der Waals surface area contributed by atoms with Crippen molar-refractivity contribution >= 4 is 38.4 Å². The number of amides is 1. The predicted octanol–water partition coefficient (Wildman–Crippen LogP) is 5.19. The fourth-order valence-electron chi connectivity index (χ4n) is 3.31. The lowest BCUT2D eigenvalue weighted by Crippen LogP contribution is -2.31. The highest BCUT2D eigenvalue weighted by Crippen LogP contribution is 2.24. The summed E-state index contributed by atoms with van der Waals surface area (Å²) in [6.45, 7) is 1.87. The van der Waals surface area contributed by atoms with Gasteiger partial charge in [0, 0.05) is 5.57 Å². The van der Waals surface area contributed by atoms with Gasteiger partial charge >= 0.3 is 0 Å². The van der Waals surface area contributed by atoms with Gasteiger partial charge in [0.25, 0.3) is 15.9 Å². The van der Waals surface area contributed by atoms with Gasteiger partial charge in [0.2, 0.25) is 0 Å². The Morgan fingerprint density at radius 2 is 1.42 bits per heavy atom. The summed E-state index contributed by atoms with van der Waals surface area (Å²) in [5.74, 6) is -0.681. The van der Waals surface area contributed by atoms with E-state index in [0.29, 0.717) is 5.56 Å². The maximum Gasteiger partial charge on any atom is 0.265 e. The van der Waals surface area contributed by atoms with Crippen molar-refractivity contribution in [3.8, 4) is 0 Å². The Morgan fingerprint density at radius 3 is 2.13 bits per heavy atom. The molecule has 0 spiro atoms. The summed E-state index contributed by atoms with van der Waals surface area (Å²) in [6.07, 6.45) is 1.70. The minimum Gasteiger partial charge on any atom is -0.268 e. The van der Waals surface area contributed by atoms with Crippen LogP contribution in [-0.2, 0) is 14.8 Å². The van der Waals surface area contributed by atoms with E-state index in [9.17, 15) is 13.2 Å². The average molecular weight is 428 g/mol. The zero-order chi connectivity index (χ0) is 21.8. The van der Waals surface area contributed by atoms with E-state index in [0.717, 1.165) is 21.9 Å². The normalized spacial score (nSPS) is 12.0. The molecular weight excluding hydrogens is 406 g/mol. The van der Waals surface area contributed by atoms with Crippen LogP contribution in [0.5, 0.6) is 0 Å². The second-order valence-corrected chi connectivity index (χ2v) is 8.96. The first kappa shape index (κ1) is 20.6. The van der Waals surface area contributed by atoms with Crippen molar-refractivity contribution in [3.05, 3.63) is 114 Å². The van der Waals surface area contributed by atoms with Crippen molar-refractivity contribution in [1.29, 1.82) is 0 Å². The minimum atomic E-state index is -4.00. The molecule has 0 radical (unpaired) electrons. The quantitative estimate of drug-likeness (QED) is 0.352. The molecule has 0 saturated carbocycles. The van der Waals surface area contributed by atoms with Gasteiger partial charge in [-0.2, -0.15) is 0 Å². The highest BCUT2D eigenvalue weighted by atomic mass is 32.2. The van der Waals surface area contributed by atoms with Crippen LogP contribution in [0.25, 0.3) is 22.4 Å². The number of hydrogen-bond donors (Lipinski definition) is 1. The number of carbonyl (C=O) groups is 1. The van der Waals surface area contributed by atoms with Crippen LogP contribution in [0.4, 0.5) is 0 Å². The Labute approximate surface area is 181 Å². The van der Waals surface area contributed by atoms with E-state index < -0.39 is 15.9 Å². The van der Waals surface area contributed by atoms with Crippen molar-refractivity contribution in [1.82, 2.24) is 4.72 Å². The molecule has 0 aliphatic carbocycles. The highest BCUT2D eigenvalue weighted by Gasteiger charge is 2.21. The number of fused-ring (bicyclic) bond motifs is 1. The number of nitrogens with one attached hydrogen (secondary N) is 1. The molecule has 0 bridgehead atoms. The first-order chi connectivity index (χ1) is 14.9. The first-order valence-corrected chi connectivity index (χ1v) is 11.3. The summed E-state index contributed by atoms with van der Waals surface area (Å²) in [4.78, 5) is 13.2. The molecule has 0 saturated heterocycles. The molecule has 154 valence electrons. The van der Waals surface area contributed by atoms with Gasteiger partial charge in [0.1, 0.15) is 0 Å². The van der Waals surface area contributed by atoms with E-state index in [1.807, 2.05) is 79.7 Å². The second-order valence-electron chi connectivity index (χ2n) is 7.28. The number of sulfonamides is 1. The summed E-state index contributed by atoms with van der Waals surface area (Å²) in [5, 5.41) is 2.01. The van der Waals surface area contributed by atoms with Crippen molar-refractivity contribution in [2.45, 2.75) is 11.8 Å². The number of aryl methyl sites for hydroxylation is 1. The summed E-state index contributed by atoms with van der Waals surface area (Å²) in [5.41, 5.74) is 2.64. The van der Waals surface area contributed by atoms with Gasteiger partial charge in [-0.25, -0.2) is 13.1 Å². The Hall–Kier alpha value is -3.70. The standard InChI is InChI=1S/C26H21NO3S/c1-19-11-15-24(16-12-19)31(29,30)27-26(28)25(17-20-7-3-2-4-8-20)23-14-13-21-9-5-6-10-22(21)18-23/h2-18H,1H3,(H,27,28)/b25-17+. The van der Waals surface area contributed by atoms with Crippen LogP contribution in [0.15, 0.2) is 102 Å². The average Bonchev–Trinajstić information content (AvgIpc) is 2.78. The molecule has 4 nitrogen and oxygen atoms in total. The molecular formula is C26H21NO3S. The van der Waals surface area contributed by atoms with E-state index >= 15 is 0 Å². The van der Waals surface area contributed by atoms with Crippen molar-refractivity contribution in [2.24, 2.45) is 0 Å². The van der Waals surface area contributed by atoms with Crippen LogP contribution in [0.1, 0.15) is 16.7 Å². The third kappa shape index (κ3) is 4.73. The summed E-state index contributed by atoms with van der Waals surface area (Å²) >= 11 is 0. The maximum absolute atomic E-state index is 13.2. The second kappa shape index (κ2) is 8.58. The van der Waals surface area contributed by atoms with Crippen LogP contribution in [0.3, 0.4) is 0 Å². The van der Waals surface area contributed by atoms with Crippen LogP contribution in [0, 0.1) is 6.92 Å². The summed E-state index contributed by atoms with van der Waals surface area (Å²) < 4.78 is 27.8. The van der Waals surface area contributed by atoms with Crippen LogP contribution in [-0.4, -0.2) is 14.3 Å². The molecule has 0 aromatic heterocycles. The van der Waals surface area contributed by atoms with Crippen molar-refractivity contribution in [3.63, 3.8) is 0 Å². The zero-order valence-electron chi connectivity index (χ0n) is 16.9. The highest BCUT2D eigenvalue weighted by molar-refractivity contribution is 7.90. The van der Waals surface area contributed by atoms with Gasteiger partial charge in [-0.05, 0) is 53.1 Å². The fraction of sp³-hybridized carbons (Fsp3) is 0.0385. The Kier molecular flexibility index (Phi) is 5.69. The van der Waals surface area contributed by atoms with Crippen LogP contribution in [0.2, 0.25) is 0 Å². The molecule has 31 heavy (non-hydrogen) atoms. The van der Waals surface area contributed by atoms with Crippen molar-refractivity contribution in [2.75, 3.05) is 0 Å². The number of hydrogen-bond acceptors (Lipinski definition) is 3. The molecule has 4 aromatic carbocycles. The zero-order valence-corrected chi connectivity index (χ0v) is 17.8. The molecule has 1 N–H and O–H groups in total. The van der Waals surface area contributed by atoms with Crippen LogP contribution < -0.4 is 4.72 Å². The van der Waals surface area contributed by atoms with E-state index in [2.05, 4.69) is 4.72 Å². The van der Waals surface area contributed by atoms with E-state index in [1.165, 1.54) is 12.1 Å². The Balaban J connectivity index is 1.75. The van der Waals surface area contributed by atoms with E-state index in [4.69, 9.17) is 0 Å². The summed E-state index contributed by atoms with van der Waals surface area (Å²) in [6, 6.07) is 29.2. The molecule has 0 aliphatic heterocycles. The fourth-order valence-corrected chi connectivity index (χ4v) is 4.27. The molecule has 4 aromatic rings. The number of carbonyl (C=O) groups excluding carboxylic acids is 1. The lowest BCUT2D eigenvalue weighted by atomic mass is 9.99. The van der Waals surface area contributed by atoms with Gasteiger partial charge in [-0.15, -0.1) is 0 Å². The smallest absolute Gasteiger partial charge is 0.265 e. The predicted molar refractivity (Wildman–Crippen MR) is 125 cm³/mol. The van der Waals surface area contributed by atoms with Gasteiger partial charge in [0.15, 0.2) is 0 Å². The van der Waals surface area contributed by atoms with E-state index in [-0.39, 0.29) is 10.5 Å². The molecule has 4 rings (SSSR count). The third-order valence-electron chi connectivity index (χ3n) is 4.97. The third-order valence-corrected chi connectivity index (χ3v) is 6.32. The minimum absolute atomic E-state index is 0.0454. The van der Waals surface area contributed by atoms with Gasteiger partial charge in [-0.1, -0.05) is 84.4 Å². The Bertz CT molecular complexity index is 1370. The Morgan fingerprint density at radius 1 is 0.774 bits per heavy atom. The molecule has 1 amide bonds. The SMILES string of the molecule is Cc1ccc(S(=O)(=O)NC(=O)/C(=C/c2ccccc2)c2ccc3ccccc3c2)cc1. The van der Waals surface area contributed by atoms with Gasteiger partial charge in [0.05, 0.1) is 4.90 Å².